The molecule has 0 radical (unpaired) electrons. The van der Waals surface area contributed by atoms with E-state index in [0.717, 1.165) is 6.42 Å². The molecule has 2 heterocycles. The zero-order chi connectivity index (χ0) is 10.5. The predicted molar refractivity (Wildman–Crippen MR) is 52.8 cm³/mol. The Labute approximate surface area is 85.4 Å². The summed E-state index contributed by atoms with van der Waals surface area (Å²) in [6.07, 6.45) is 0.176. The van der Waals surface area contributed by atoms with Gasteiger partial charge >= 0.3 is 0 Å². The topological polar surface area (TPSA) is 38.7 Å². The van der Waals surface area contributed by atoms with Gasteiger partial charge in [-0.2, -0.15) is 0 Å². The largest absolute Gasteiger partial charge is 0.388 e. The molecular formula is C11H20O3. The Bertz CT molecular complexity index is 225. The van der Waals surface area contributed by atoms with Crippen LogP contribution in [-0.2, 0) is 9.47 Å². The average molecular weight is 200 g/mol. The van der Waals surface area contributed by atoms with E-state index in [2.05, 4.69) is 13.8 Å². The van der Waals surface area contributed by atoms with Gasteiger partial charge in [-0.05, 0) is 32.1 Å². The fraction of sp³-hybridized carbons (Fsp3) is 1.00. The first-order valence-corrected chi connectivity index (χ1v) is 5.43. The van der Waals surface area contributed by atoms with Gasteiger partial charge in [-0.25, -0.2) is 0 Å². The van der Waals surface area contributed by atoms with Crippen LogP contribution in [0.25, 0.3) is 0 Å². The molecule has 14 heavy (non-hydrogen) atoms. The van der Waals surface area contributed by atoms with Crippen molar-refractivity contribution >= 4 is 0 Å². The minimum absolute atomic E-state index is 0.142. The summed E-state index contributed by atoms with van der Waals surface area (Å²) in [5.41, 5.74) is -0.241. The van der Waals surface area contributed by atoms with Crippen molar-refractivity contribution in [3.8, 4) is 0 Å². The summed E-state index contributed by atoms with van der Waals surface area (Å²) in [7, 11) is 0. The lowest BCUT2D eigenvalue weighted by atomic mass is 9.81. The highest BCUT2D eigenvalue weighted by molar-refractivity contribution is 4.96. The third kappa shape index (κ3) is 1.47. The fourth-order valence-electron chi connectivity index (χ4n) is 2.47. The zero-order valence-corrected chi connectivity index (χ0v) is 9.36. The van der Waals surface area contributed by atoms with E-state index in [1.807, 2.05) is 13.8 Å². The highest BCUT2D eigenvalue weighted by atomic mass is 16.7. The molecule has 0 aromatic carbocycles. The van der Waals surface area contributed by atoms with Crippen LogP contribution in [0.15, 0.2) is 0 Å². The summed E-state index contributed by atoms with van der Waals surface area (Å²) in [6.45, 7) is 8.36. The monoisotopic (exact) mass is 200 g/mol. The lowest BCUT2D eigenvalue weighted by Crippen LogP contribution is -2.43. The normalized spacial score (nSPS) is 45.9. The SMILES string of the molecule is CC(C)[C@@H]1C[C@@H]2O[C@@H](OC2(C)C)[C@H]1O. The number of aliphatic hydroxyl groups is 1. The van der Waals surface area contributed by atoms with Gasteiger partial charge in [0.2, 0.25) is 0 Å². The number of hydrogen-bond acceptors (Lipinski definition) is 3. The summed E-state index contributed by atoms with van der Waals surface area (Å²) < 4.78 is 11.3. The summed E-state index contributed by atoms with van der Waals surface area (Å²) in [5, 5.41) is 10.0. The Morgan fingerprint density at radius 3 is 2.57 bits per heavy atom. The summed E-state index contributed by atoms with van der Waals surface area (Å²) in [4.78, 5) is 0. The van der Waals surface area contributed by atoms with Gasteiger partial charge in [0.15, 0.2) is 6.29 Å². The lowest BCUT2D eigenvalue weighted by Gasteiger charge is -2.34. The quantitative estimate of drug-likeness (QED) is 0.698. The molecule has 4 atom stereocenters. The maximum absolute atomic E-state index is 10.0. The van der Waals surface area contributed by atoms with Crippen LogP contribution in [0.4, 0.5) is 0 Å². The minimum atomic E-state index is -0.465. The predicted octanol–water partition coefficient (Wildman–Crippen LogP) is 1.54. The lowest BCUT2D eigenvalue weighted by molar-refractivity contribution is -0.186. The molecule has 0 amide bonds. The molecule has 0 unspecified atom stereocenters. The molecule has 1 N–H and O–H groups in total. The van der Waals surface area contributed by atoms with E-state index in [1.165, 1.54) is 0 Å². The van der Waals surface area contributed by atoms with E-state index in [-0.39, 0.29) is 11.7 Å². The molecule has 82 valence electrons. The number of rotatable bonds is 1. The van der Waals surface area contributed by atoms with Crippen LogP contribution in [-0.4, -0.2) is 29.2 Å². The van der Waals surface area contributed by atoms with Gasteiger partial charge in [0.1, 0.15) is 6.10 Å². The molecule has 2 bridgehead atoms. The Hall–Kier alpha value is -0.120. The van der Waals surface area contributed by atoms with Crippen LogP contribution in [0, 0.1) is 11.8 Å². The van der Waals surface area contributed by atoms with E-state index in [9.17, 15) is 5.11 Å². The van der Waals surface area contributed by atoms with Crippen LogP contribution >= 0.6 is 0 Å². The Morgan fingerprint density at radius 1 is 1.36 bits per heavy atom. The van der Waals surface area contributed by atoms with Gasteiger partial charge in [0.25, 0.3) is 0 Å². The molecule has 3 nitrogen and oxygen atoms in total. The van der Waals surface area contributed by atoms with Crippen molar-refractivity contribution in [2.24, 2.45) is 11.8 Å². The first-order valence-electron chi connectivity index (χ1n) is 5.43. The zero-order valence-electron chi connectivity index (χ0n) is 9.36. The summed E-state index contributed by atoms with van der Waals surface area (Å²) in [6, 6.07) is 0. The standard InChI is InChI=1S/C11H20O3/c1-6(2)7-5-8-11(3,4)14-10(13-8)9(7)12/h6-10,12H,5H2,1-4H3/t7-,8-,9-,10-/m0/s1. The first-order chi connectivity index (χ1) is 6.42. The van der Waals surface area contributed by atoms with E-state index in [0.29, 0.717) is 11.8 Å². The van der Waals surface area contributed by atoms with Crippen LogP contribution in [0.3, 0.4) is 0 Å². The smallest absolute Gasteiger partial charge is 0.184 e. The molecule has 3 heteroatoms. The molecule has 0 aromatic heterocycles. The molecule has 2 aliphatic heterocycles. The molecular weight excluding hydrogens is 180 g/mol. The summed E-state index contributed by atoms with van der Waals surface area (Å²) in [5.74, 6) is 0.789. The minimum Gasteiger partial charge on any atom is -0.388 e. The van der Waals surface area contributed by atoms with E-state index in [4.69, 9.17) is 9.47 Å². The van der Waals surface area contributed by atoms with E-state index in [1.54, 1.807) is 0 Å². The number of ether oxygens (including phenoxy) is 2. The summed E-state index contributed by atoms with van der Waals surface area (Å²) >= 11 is 0. The number of fused-ring (bicyclic) bond motifs is 2. The second kappa shape index (κ2) is 3.19. The molecule has 2 fully saturated rings. The van der Waals surface area contributed by atoms with Crippen molar-refractivity contribution < 1.29 is 14.6 Å². The highest BCUT2D eigenvalue weighted by Gasteiger charge is 2.52. The van der Waals surface area contributed by atoms with E-state index < -0.39 is 12.4 Å². The van der Waals surface area contributed by atoms with Crippen LogP contribution in [0.5, 0.6) is 0 Å². The number of aliphatic hydroxyl groups excluding tert-OH is 1. The third-order valence-electron chi connectivity index (χ3n) is 3.55. The van der Waals surface area contributed by atoms with Gasteiger partial charge in [0.05, 0.1) is 11.7 Å². The first kappa shape index (κ1) is 10.4. The fourth-order valence-corrected chi connectivity index (χ4v) is 2.47. The average Bonchev–Trinajstić information content (AvgIpc) is 2.31. The molecule has 0 aliphatic carbocycles. The molecule has 2 saturated heterocycles. The van der Waals surface area contributed by atoms with Crippen molar-refractivity contribution in [3.05, 3.63) is 0 Å². The van der Waals surface area contributed by atoms with Gasteiger partial charge in [-0.15, -0.1) is 0 Å². The van der Waals surface area contributed by atoms with Crippen molar-refractivity contribution in [3.63, 3.8) is 0 Å². The maximum atomic E-state index is 10.0. The third-order valence-corrected chi connectivity index (χ3v) is 3.55. The van der Waals surface area contributed by atoms with Crippen molar-refractivity contribution in [1.29, 1.82) is 0 Å². The Kier molecular flexibility index (Phi) is 2.37. The van der Waals surface area contributed by atoms with Gasteiger partial charge in [-0.1, -0.05) is 13.8 Å². The van der Waals surface area contributed by atoms with Gasteiger partial charge in [0, 0.05) is 0 Å². The molecule has 0 saturated carbocycles. The van der Waals surface area contributed by atoms with Gasteiger partial charge < -0.3 is 14.6 Å². The second-order valence-electron chi connectivity index (χ2n) is 5.35. The van der Waals surface area contributed by atoms with Crippen LogP contribution < -0.4 is 0 Å². The highest BCUT2D eigenvalue weighted by Crippen LogP contribution is 2.43. The molecule has 0 spiro atoms. The van der Waals surface area contributed by atoms with Crippen molar-refractivity contribution in [2.75, 3.05) is 0 Å². The van der Waals surface area contributed by atoms with Gasteiger partial charge in [-0.3, -0.25) is 0 Å². The van der Waals surface area contributed by atoms with Crippen LogP contribution in [0.1, 0.15) is 34.1 Å². The Balaban J connectivity index is 2.17. The van der Waals surface area contributed by atoms with E-state index >= 15 is 0 Å². The molecule has 0 aromatic rings. The molecule has 2 rings (SSSR count). The van der Waals surface area contributed by atoms with Crippen LogP contribution in [0.2, 0.25) is 0 Å². The second-order valence-corrected chi connectivity index (χ2v) is 5.35. The van der Waals surface area contributed by atoms with Crippen molar-refractivity contribution in [1.82, 2.24) is 0 Å². The number of hydrogen-bond donors (Lipinski definition) is 1. The van der Waals surface area contributed by atoms with Crippen molar-refractivity contribution in [2.45, 2.75) is 58.2 Å². The molecule has 2 aliphatic rings. The Morgan fingerprint density at radius 2 is 2.00 bits per heavy atom. The maximum Gasteiger partial charge on any atom is 0.184 e.